The van der Waals surface area contributed by atoms with Crippen molar-refractivity contribution in [2.75, 3.05) is 31.1 Å². The summed E-state index contributed by atoms with van der Waals surface area (Å²) in [5, 5.41) is 0. The largest absolute Gasteiger partial charge is 0.323 e. The molecule has 2 heterocycles. The van der Waals surface area contributed by atoms with Gasteiger partial charge in [0.05, 0.1) is 11.5 Å². The number of likely N-dealkylation sites (tertiary alicyclic amines) is 1. The van der Waals surface area contributed by atoms with Crippen LogP contribution in [0.1, 0.15) is 19.8 Å². The van der Waals surface area contributed by atoms with Gasteiger partial charge in [-0.3, -0.25) is 0 Å². The molecular formula is C10H18N2O3S. The maximum absolute atomic E-state index is 12.1. The van der Waals surface area contributed by atoms with E-state index < -0.39 is 9.84 Å². The Morgan fingerprint density at radius 1 is 1.19 bits per heavy atom. The molecule has 2 aliphatic rings. The van der Waals surface area contributed by atoms with E-state index in [1.807, 2.05) is 11.8 Å². The minimum absolute atomic E-state index is 0.0138. The summed E-state index contributed by atoms with van der Waals surface area (Å²) in [4.78, 5) is 15.6. The van der Waals surface area contributed by atoms with E-state index in [0.717, 1.165) is 19.4 Å². The summed E-state index contributed by atoms with van der Waals surface area (Å²) in [7, 11) is -2.90. The van der Waals surface area contributed by atoms with E-state index in [1.54, 1.807) is 4.90 Å². The number of nitrogens with zero attached hydrogens (tertiary/aromatic N) is 2. The van der Waals surface area contributed by atoms with Crippen LogP contribution >= 0.6 is 0 Å². The van der Waals surface area contributed by atoms with Crippen LogP contribution in [-0.4, -0.2) is 61.4 Å². The molecule has 0 aromatic rings. The zero-order valence-corrected chi connectivity index (χ0v) is 10.4. The van der Waals surface area contributed by atoms with Gasteiger partial charge in [0.25, 0.3) is 0 Å². The minimum atomic E-state index is -2.90. The Hall–Kier alpha value is -0.780. The van der Waals surface area contributed by atoms with Crippen LogP contribution < -0.4 is 0 Å². The number of amides is 2. The van der Waals surface area contributed by atoms with E-state index in [4.69, 9.17) is 0 Å². The fraction of sp³-hybridized carbons (Fsp3) is 0.900. The highest BCUT2D eigenvalue weighted by molar-refractivity contribution is 7.91. The lowest BCUT2D eigenvalue weighted by Gasteiger charge is -2.32. The molecule has 0 aromatic heterocycles. The molecule has 2 rings (SSSR count). The molecule has 0 spiro atoms. The molecule has 2 aliphatic heterocycles. The quantitative estimate of drug-likeness (QED) is 0.618. The monoisotopic (exact) mass is 246 g/mol. The van der Waals surface area contributed by atoms with Crippen molar-refractivity contribution in [1.82, 2.24) is 9.80 Å². The third-order valence-corrected chi connectivity index (χ3v) is 5.02. The topological polar surface area (TPSA) is 57.7 Å². The van der Waals surface area contributed by atoms with E-state index in [9.17, 15) is 13.2 Å². The smallest absolute Gasteiger partial charge is 0.320 e. The number of carbonyl (C=O) groups excluding carboxylic acids is 1. The first-order valence-corrected chi connectivity index (χ1v) is 7.58. The third-order valence-electron chi connectivity index (χ3n) is 3.41. The van der Waals surface area contributed by atoms with Crippen molar-refractivity contribution in [2.45, 2.75) is 25.8 Å². The van der Waals surface area contributed by atoms with Crippen molar-refractivity contribution < 1.29 is 13.2 Å². The van der Waals surface area contributed by atoms with Crippen molar-refractivity contribution in [3.05, 3.63) is 0 Å². The summed E-state index contributed by atoms with van der Waals surface area (Å²) in [5.74, 6) is 0.224. The Balaban J connectivity index is 1.96. The highest BCUT2D eigenvalue weighted by atomic mass is 32.2. The number of hydrogen-bond acceptors (Lipinski definition) is 3. The number of carbonyl (C=O) groups is 1. The van der Waals surface area contributed by atoms with Crippen LogP contribution in [0.25, 0.3) is 0 Å². The van der Waals surface area contributed by atoms with Gasteiger partial charge in [-0.15, -0.1) is 0 Å². The molecule has 1 atom stereocenters. The molecule has 2 fully saturated rings. The number of urea groups is 1. The third kappa shape index (κ3) is 2.31. The molecule has 5 nitrogen and oxygen atoms in total. The van der Waals surface area contributed by atoms with E-state index in [2.05, 4.69) is 0 Å². The molecule has 0 bridgehead atoms. The van der Waals surface area contributed by atoms with Crippen molar-refractivity contribution in [1.29, 1.82) is 0 Å². The Kier molecular flexibility index (Phi) is 3.10. The average molecular weight is 246 g/mol. The Bertz CT molecular complexity index is 366. The second kappa shape index (κ2) is 4.24. The summed E-state index contributed by atoms with van der Waals surface area (Å²) in [6.45, 7) is 3.56. The van der Waals surface area contributed by atoms with Gasteiger partial charge in [-0.2, -0.15) is 0 Å². The van der Waals surface area contributed by atoms with Crippen LogP contribution in [0.4, 0.5) is 4.79 Å². The number of sulfone groups is 1. The predicted molar refractivity (Wildman–Crippen MR) is 61.0 cm³/mol. The molecule has 92 valence electrons. The average Bonchev–Trinajstić information content (AvgIpc) is 2.63. The molecule has 0 radical (unpaired) electrons. The fourth-order valence-electron chi connectivity index (χ4n) is 2.30. The van der Waals surface area contributed by atoms with E-state index >= 15 is 0 Å². The van der Waals surface area contributed by atoms with Crippen LogP contribution in [0.15, 0.2) is 0 Å². The Morgan fingerprint density at radius 3 is 2.31 bits per heavy atom. The first kappa shape index (κ1) is 11.7. The van der Waals surface area contributed by atoms with Crippen LogP contribution in [0.3, 0.4) is 0 Å². The minimum Gasteiger partial charge on any atom is -0.323 e. The molecule has 0 saturated carbocycles. The molecule has 6 heteroatoms. The number of hydrogen-bond donors (Lipinski definition) is 0. The first-order valence-electron chi connectivity index (χ1n) is 5.75. The highest BCUT2D eigenvalue weighted by Crippen LogP contribution is 2.19. The summed E-state index contributed by atoms with van der Waals surface area (Å²) >= 11 is 0. The Labute approximate surface area is 96.3 Å². The molecule has 2 amide bonds. The van der Waals surface area contributed by atoms with Gasteiger partial charge in [-0.25, -0.2) is 13.2 Å². The van der Waals surface area contributed by atoms with Crippen molar-refractivity contribution >= 4 is 15.9 Å². The Morgan fingerprint density at radius 2 is 1.81 bits per heavy atom. The van der Waals surface area contributed by atoms with E-state index in [1.165, 1.54) is 0 Å². The fourth-order valence-corrected chi connectivity index (χ4v) is 3.50. The van der Waals surface area contributed by atoms with E-state index in [0.29, 0.717) is 19.1 Å². The number of rotatable bonds is 0. The molecule has 2 saturated heterocycles. The van der Waals surface area contributed by atoms with Gasteiger partial charge < -0.3 is 9.80 Å². The van der Waals surface area contributed by atoms with E-state index in [-0.39, 0.29) is 17.5 Å². The summed E-state index contributed by atoms with van der Waals surface area (Å²) < 4.78 is 22.5. The van der Waals surface area contributed by atoms with Crippen molar-refractivity contribution in [3.63, 3.8) is 0 Å². The standard InChI is InChI=1S/C10H18N2O3S/c1-9-3-2-4-12(9)10(13)11-5-7-16(14,15)8-6-11/h9H,2-8H2,1H3. The first-order chi connectivity index (χ1) is 7.49. The van der Waals surface area contributed by atoms with Crippen molar-refractivity contribution in [2.24, 2.45) is 0 Å². The van der Waals surface area contributed by atoms with Gasteiger partial charge in [0, 0.05) is 25.7 Å². The maximum Gasteiger partial charge on any atom is 0.320 e. The van der Waals surface area contributed by atoms with Gasteiger partial charge in [-0.1, -0.05) is 0 Å². The lowest BCUT2D eigenvalue weighted by Crippen LogP contribution is -2.50. The second-order valence-electron chi connectivity index (χ2n) is 4.61. The summed E-state index contributed by atoms with van der Waals surface area (Å²) in [6.07, 6.45) is 2.11. The normalized spacial score (nSPS) is 29.4. The molecular weight excluding hydrogens is 228 g/mol. The molecule has 1 unspecified atom stereocenters. The van der Waals surface area contributed by atoms with Crippen LogP contribution in [-0.2, 0) is 9.84 Å². The highest BCUT2D eigenvalue weighted by Gasteiger charge is 2.32. The lowest BCUT2D eigenvalue weighted by molar-refractivity contribution is 0.154. The van der Waals surface area contributed by atoms with Crippen LogP contribution in [0.2, 0.25) is 0 Å². The second-order valence-corrected chi connectivity index (χ2v) is 6.91. The van der Waals surface area contributed by atoms with Crippen LogP contribution in [0.5, 0.6) is 0 Å². The van der Waals surface area contributed by atoms with Gasteiger partial charge in [0.2, 0.25) is 0 Å². The molecule has 0 aromatic carbocycles. The predicted octanol–water partition coefficient (Wildman–Crippen LogP) is 0.321. The SMILES string of the molecule is CC1CCCN1C(=O)N1CCS(=O)(=O)CC1. The van der Waals surface area contributed by atoms with Crippen LogP contribution in [0, 0.1) is 0 Å². The molecule has 0 aliphatic carbocycles. The maximum atomic E-state index is 12.1. The zero-order chi connectivity index (χ0) is 11.8. The summed E-state index contributed by atoms with van der Waals surface area (Å²) in [5.41, 5.74) is 0. The van der Waals surface area contributed by atoms with Gasteiger partial charge >= 0.3 is 6.03 Å². The molecule has 16 heavy (non-hydrogen) atoms. The summed E-state index contributed by atoms with van der Waals surface area (Å²) in [6, 6.07) is 0.311. The van der Waals surface area contributed by atoms with Gasteiger partial charge in [-0.05, 0) is 19.8 Å². The van der Waals surface area contributed by atoms with Gasteiger partial charge in [0.15, 0.2) is 9.84 Å². The molecule has 0 N–H and O–H groups in total. The van der Waals surface area contributed by atoms with Gasteiger partial charge in [0.1, 0.15) is 0 Å². The lowest BCUT2D eigenvalue weighted by atomic mass is 10.2. The zero-order valence-electron chi connectivity index (χ0n) is 9.55. The van der Waals surface area contributed by atoms with Crippen molar-refractivity contribution in [3.8, 4) is 0 Å².